The molecule has 0 aliphatic heterocycles. The smallest absolute Gasteiger partial charge is 0.302 e. The molecule has 0 radical (unpaired) electrons. The Morgan fingerprint density at radius 3 is 1.11 bits per heavy atom. The molecule has 0 aliphatic rings. The molecule has 0 heterocycles. The van der Waals surface area contributed by atoms with E-state index in [9.17, 15) is 9.13 Å². The Morgan fingerprint density at radius 2 is 0.947 bits per heavy atom. The average molecular weight is 320 g/mol. The van der Waals surface area contributed by atoms with Crippen molar-refractivity contribution in [2.45, 2.75) is 65.2 Å². The zero-order valence-corrected chi connectivity index (χ0v) is 13.4. The molecule has 0 amide bonds. The third-order valence-corrected chi connectivity index (χ3v) is 3.87. The van der Waals surface area contributed by atoms with Crippen LogP contribution in [0.1, 0.15) is 65.2 Å². The fraction of sp³-hybridized carbons (Fsp3) is 1.00. The van der Waals surface area contributed by atoms with Gasteiger partial charge in [0.15, 0.2) is 0 Å². The fourth-order valence-corrected chi connectivity index (χ4v) is 2.45. The summed E-state index contributed by atoms with van der Waals surface area (Å²) in [5.41, 5.74) is 0. The quantitative estimate of drug-likeness (QED) is 0.379. The second-order valence-corrected chi connectivity index (χ2v) is 6.80. The molecule has 4 N–H and O–H groups in total. The molecule has 0 aromatic heterocycles. The second kappa shape index (κ2) is 12.0. The Bertz CT molecular complexity index is 256. The van der Waals surface area contributed by atoms with Gasteiger partial charge in [-0.25, -0.2) is 9.13 Å². The van der Waals surface area contributed by atoms with Crippen LogP contribution in [0.25, 0.3) is 0 Å². The molecule has 0 saturated carbocycles. The van der Waals surface area contributed by atoms with Crippen molar-refractivity contribution in [2.75, 3.05) is 0 Å². The maximum absolute atomic E-state index is 9.63. The van der Waals surface area contributed by atoms with Gasteiger partial charge in [-0.1, -0.05) is 65.2 Å². The summed E-state index contributed by atoms with van der Waals surface area (Å²) in [5.74, 6) is 0. The minimum Gasteiger partial charge on any atom is -0.302 e. The van der Waals surface area contributed by atoms with Crippen LogP contribution in [-0.2, 0) is 13.4 Å². The van der Waals surface area contributed by atoms with E-state index in [2.05, 4.69) is 18.2 Å². The zero-order chi connectivity index (χ0) is 15.4. The van der Waals surface area contributed by atoms with E-state index in [0.29, 0.717) is 0 Å². The van der Waals surface area contributed by atoms with Gasteiger partial charge in [0.1, 0.15) is 0 Å². The average Bonchev–Trinajstić information content (AvgIpc) is 2.19. The van der Waals surface area contributed by atoms with Crippen molar-refractivity contribution in [1.82, 2.24) is 0 Å². The molecular weight excluding hydrogens is 294 g/mol. The third-order valence-electron chi connectivity index (χ3n) is 2.17. The van der Waals surface area contributed by atoms with E-state index in [1.165, 1.54) is 51.4 Å². The van der Waals surface area contributed by atoms with Gasteiger partial charge in [0.25, 0.3) is 0 Å². The van der Waals surface area contributed by atoms with Crippen LogP contribution in [0, 0.1) is 0 Å². The Morgan fingerprint density at radius 1 is 0.684 bits per heavy atom. The van der Waals surface area contributed by atoms with Gasteiger partial charge in [0, 0.05) is 0 Å². The molecule has 0 aromatic rings. The largest absolute Gasteiger partial charge is 0.478 e. The number of rotatable bonds is 9. The van der Waals surface area contributed by atoms with Gasteiger partial charge in [-0.2, -0.15) is 4.31 Å². The van der Waals surface area contributed by atoms with E-state index in [4.69, 9.17) is 19.6 Å². The van der Waals surface area contributed by atoms with Gasteiger partial charge in [0.2, 0.25) is 0 Å². The molecular formula is C10H26O7P2. The Labute approximate surface area is 114 Å². The van der Waals surface area contributed by atoms with Crippen LogP contribution in [0.3, 0.4) is 0 Å². The van der Waals surface area contributed by atoms with Crippen molar-refractivity contribution in [3.05, 3.63) is 0 Å². The maximum atomic E-state index is 9.63. The number of hydrogen-bond donors (Lipinski definition) is 4. The van der Waals surface area contributed by atoms with Crippen LogP contribution in [0.4, 0.5) is 0 Å². The fourth-order valence-electron chi connectivity index (χ4n) is 1.35. The Balaban J connectivity index is 0. The van der Waals surface area contributed by atoms with Gasteiger partial charge >= 0.3 is 15.6 Å². The summed E-state index contributed by atoms with van der Waals surface area (Å²) >= 11 is 0. The second-order valence-electron chi connectivity index (χ2n) is 4.18. The highest BCUT2D eigenvalue weighted by molar-refractivity contribution is 7.60. The number of phosphoric acid groups is 2. The molecule has 0 bridgehead atoms. The predicted octanol–water partition coefficient (Wildman–Crippen LogP) is 3.34. The Hall–Kier alpha value is 0.260. The lowest BCUT2D eigenvalue weighted by atomic mass is 10.1. The normalized spacial score (nSPS) is 11.9. The minimum atomic E-state index is -5.05. The van der Waals surface area contributed by atoms with E-state index in [-0.39, 0.29) is 0 Å². The molecule has 0 unspecified atom stereocenters. The monoisotopic (exact) mass is 320 g/mol. The standard InChI is InChI=1S/C10H22.H4O7P2/c1-3-5-7-9-10-8-6-4-2;1-8(2,3)7-9(4,5)6/h3-10H2,1-2H3;(H2,1,2,3)(H2,4,5,6). The van der Waals surface area contributed by atoms with Crippen molar-refractivity contribution in [3.63, 3.8) is 0 Å². The minimum absolute atomic E-state index is 1.37. The zero-order valence-electron chi connectivity index (χ0n) is 11.6. The van der Waals surface area contributed by atoms with Gasteiger partial charge in [0.05, 0.1) is 0 Å². The van der Waals surface area contributed by atoms with Crippen LogP contribution in [-0.4, -0.2) is 19.6 Å². The molecule has 0 spiro atoms. The van der Waals surface area contributed by atoms with Crippen molar-refractivity contribution in [2.24, 2.45) is 0 Å². The molecule has 0 fully saturated rings. The van der Waals surface area contributed by atoms with Crippen LogP contribution in [0.2, 0.25) is 0 Å². The molecule has 0 aliphatic carbocycles. The third kappa shape index (κ3) is 27.5. The lowest BCUT2D eigenvalue weighted by Crippen LogP contribution is -1.84. The van der Waals surface area contributed by atoms with Crippen LogP contribution < -0.4 is 0 Å². The number of hydrogen-bond acceptors (Lipinski definition) is 3. The topological polar surface area (TPSA) is 124 Å². The molecule has 0 aromatic carbocycles. The molecule has 19 heavy (non-hydrogen) atoms. The van der Waals surface area contributed by atoms with Gasteiger partial charge in [-0.3, -0.25) is 0 Å². The lowest BCUT2D eigenvalue weighted by Gasteiger charge is -2.03. The summed E-state index contributed by atoms with van der Waals surface area (Å²) in [6.07, 6.45) is 11.5. The van der Waals surface area contributed by atoms with Crippen molar-refractivity contribution in [3.8, 4) is 0 Å². The summed E-state index contributed by atoms with van der Waals surface area (Å²) in [6.45, 7) is 4.54. The first-order valence-corrected chi connectivity index (χ1v) is 9.51. The molecule has 0 rings (SSSR count). The molecule has 118 valence electrons. The maximum Gasteiger partial charge on any atom is 0.478 e. The summed E-state index contributed by atoms with van der Waals surface area (Å²) in [5, 5.41) is 0. The first-order chi connectivity index (χ1) is 8.62. The van der Waals surface area contributed by atoms with Crippen LogP contribution in [0.15, 0.2) is 0 Å². The SMILES string of the molecule is CCCCCCCCCC.O=P(O)(O)OP(=O)(O)O. The van der Waals surface area contributed by atoms with Crippen LogP contribution >= 0.6 is 15.6 Å². The van der Waals surface area contributed by atoms with Gasteiger partial charge < -0.3 is 19.6 Å². The van der Waals surface area contributed by atoms with E-state index >= 15 is 0 Å². The summed E-state index contributed by atoms with van der Waals surface area (Å²) < 4.78 is 22.2. The molecule has 7 nitrogen and oxygen atoms in total. The summed E-state index contributed by atoms with van der Waals surface area (Å²) in [7, 11) is -10.1. The number of unbranched alkanes of at least 4 members (excludes halogenated alkanes) is 7. The van der Waals surface area contributed by atoms with Crippen molar-refractivity contribution in [1.29, 1.82) is 0 Å². The van der Waals surface area contributed by atoms with E-state index in [0.717, 1.165) is 0 Å². The first-order valence-electron chi connectivity index (χ1n) is 6.44. The molecule has 9 heteroatoms. The van der Waals surface area contributed by atoms with Crippen molar-refractivity contribution < 1.29 is 33.0 Å². The van der Waals surface area contributed by atoms with Crippen molar-refractivity contribution >= 4 is 15.6 Å². The van der Waals surface area contributed by atoms with Crippen LogP contribution in [0.5, 0.6) is 0 Å². The summed E-state index contributed by atoms with van der Waals surface area (Å²) in [6, 6.07) is 0. The molecule has 0 atom stereocenters. The highest BCUT2D eigenvalue weighted by atomic mass is 31.3. The van der Waals surface area contributed by atoms with E-state index < -0.39 is 15.6 Å². The Kier molecular flexibility index (Phi) is 13.7. The highest BCUT2D eigenvalue weighted by Gasteiger charge is 2.27. The van der Waals surface area contributed by atoms with E-state index in [1.54, 1.807) is 0 Å². The predicted molar refractivity (Wildman–Crippen MR) is 73.5 cm³/mol. The lowest BCUT2D eigenvalue weighted by molar-refractivity contribution is 0.225. The molecule has 0 saturated heterocycles. The van der Waals surface area contributed by atoms with Gasteiger partial charge in [-0.15, -0.1) is 0 Å². The van der Waals surface area contributed by atoms with E-state index in [1.807, 2.05) is 0 Å². The summed E-state index contributed by atoms with van der Waals surface area (Å²) in [4.78, 5) is 31.0. The first kappa shape index (κ1) is 21.6. The van der Waals surface area contributed by atoms with Gasteiger partial charge in [-0.05, 0) is 0 Å². The highest BCUT2D eigenvalue weighted by Crippen LogP contribution is 2.53.